The zero-order chi connectivity index (χ0) is 27.4. The lowest BCUT2D eigenvalue weighted by Gasteiger charge is -2.39. The van der Waals surface area contributed by atoms with Gasteiger partial charge >= 0.3 is 5.97 Å². The number of halogens is 1. The fraction of sp³-hybridized carbons (Fsp3) is 0.292. The Bertz CT molecular complexity index is 1550. The highest BCUT2D eigenvalue weighted by molar-refractivity contribution is 14.1. The summed E-state index contributed by atoms with van der Waals surface area (Å²) < 4.78 is 34.6. The minimum atomic E-state index is -4.57. The van der Waals surface area contributed by atoms with Gasteiger partial charge in [0.2, 0.25) is 5.88 Å². The van der Waals surface area contributed by atoms with Crippen LogP contribution >= 0.6 is 22.6 Å². The number of sulfonamides is 1. The van der Waals surface area contributed by atoms with Crippen LogP contribution in [0, 0.1) is 10.5 Å². The normalized spacial score (nSPS) is 23.5. The molecule has 2 aliphatic heterocycles. The van der Waals surface area contributed by atoms with E-state index >= 15 is 0 Å². The number of carboxylic acids is 1. The number of hydrogen-bond acceptors (Lipinski definition) is 10. The molecule has 0 aliphatic carbocycles. The number of hydrogen-bond donors (Lipinski definition) is 2. The molecular formula is C24H22IN5O7S. The number of carboxylic acid groups (broad SMARTS) is 1. The molecule has 3 atom stereocenters. The number of pyridine rings is 1. The number of nitrogens with zero attached hydrogens (tertiary/aromatic N) is 5. The molecule has 0 bridgehead atoms. The number of fused-ring (bicyclic) bond motifs is 1. The average Bonchev–Trinajstić information content (AvgIpc) is 3.39. The van der Waals surface area contributed by atoms with Gasteiger partial charge in [-0.25, -0.2) is 9.97 Å². The maximum absolute atomic E-state index is 14.7. The fourth-order valence-electron chi connectivity index (χ4n) is 5.07. The monoisotopic (exact) mass is 651 g/mol. The predicted molar refractivity (Wildman–Crippen MR) is 141 cm³/mol. The van der Waals surface area contributed by atoms with Gasteiger partial charge in [0.05, 0.1) is 18.9 Å². The average molecular weight is 651 g/mol. The Labute approximate surface area is 231 Å². The van der Waals surface area contributed by atoms with Crippen LogP contribution in [0.4, 0.5) is 5.69 Å². The van der Waals surface area contributed by atoms with Gasteiger partial charge in [-0.1, -0.05) is 6.07 Å². The summed E-state index contributed by atoms with van der Waals surface area (Å²) in [5, 5.41) is 20.3. The smallest absolute Gasteiger partial charge is 0.321 e. The molecule has 1 amide bonds. The molecule has 2 aliphatic rings. The molecular weight excluding hydrogens is 629 g/mol. The molecule has 2 N–H and O–H groups in total. The van der Waals surface area contributed by atoms with Crippen LogP contribution in [0.5, 0.6) is 5.88 Å². The molecule has 0 radical (unpaired) electrons. The summed E-state index contributed by atoms with van der Waals surface area (Å²) >= 11 is 2.02. The molecule has 1 aromatic carbocycles. The van der Waals surface area contributed by atoms with Crippen molar-refractivity contribution in [2.75, 3.05) is 18.0 Å². The molecule has 4 heterocycles. The van der Waals surface area contributed by atoms with Crippen molar-refractivity contribution in [1.82, 2.24) is 19.9 Å². The third-order valence-corrected chi connectivity index (χ3v) is 8.93. The number of ether oxygens (including phenoxy) is 1. The van der Waals surface area contributed by atoms with E-state index in [1.54, 1.807) is 25.1 Å². The Morgan fingerprint density at radius 3 is 2.58 bits per heavy atom. The van der Waals surface area contributed by atoms with Gasteiger partial charge in [0.1, 0.15) is 11.7 Å². The number of anilines is 1. The van der Waals surface area contributed by atoms with Crippen LogP contribution in [0.2, 0.25) is 0 Å². The van der Waals surface area contributed by atoms with Crippen LogP contribution in [0.1, 0.15) is 23.2 Å². The standard InChI is InChI=1S/C24H22IN5O7S/c1-13-3-6-19(28-11-13)38(35,36)30-17-5-4-14(25)9-16(17)24(23(30)34,20-21(37-2)27-8-7-26-20)29-12-15(31)10-18(29)22(32)33/h3-9,11,15,18,31H,10,12H2,1-2H3,(H,32,33)/t15-,18+,24?/m1/s1. The Kier molecular flexibility index (Phi) is 6.61. The number of amides is 1. The predicted octanol–water partition coefficient (Wildman–Crippen LogP) is 1.29. The van der Waals surface area contributed by atoms with Crippen molar-refractivity contribution in [3.05, 3.63) is 69.3 Å². The van der Waals surface area contributed by atoms with Crippen LogP contribution in [-0.2, 0) is 25.2 Å². The van der Waals surface area contributed by atoms with Gasteiger partial charge < -0.3 is 14.9 Å². The molecule has 5 rings (SSSR count). The molecule has 14 heteroatoms. The van der Waals surface area contributed by atoms with Crippen LogP contribution < -0.4 is 9.04 Å². The van der Waals surface area contributed by atoms with Crippen LogP contribution in [0.3, 0.4) is 0 Å². The lowest BCUT2D eigenvalue weighted by Crippen LogP contribution is -2.58. The number of aryl methyl sites for hydroxylation is 1. The number of likely N-dealkylation sites (tertiary alicyclic amines) is 1. The SMILES string of the molecule is COc1nccnc1C1(N2C[C@H](O)C[C@H]2C(=O)O)C(=O)N(S(=O)(=O)c2ccc(C)cn2)c2ccc(I)cc21. The molecule has 0 saturated carbocycles. The van der Waals surface area contributed by atoms with E-state index in [0.29, 0.717) is 7.88 Å². The molecule has 3 aromatic rings. The van der Waals surface area contributed by atoms with Crippen LogP contribution in [0.15, 0.2) is 53.9 Å². The summed E-state index contributed by atoms with van der Waals surface area (Å²) in [5.41, 5.74) is -1.29. The zero-order valence-electron chi connectivity index (χ0n) is 20.1. The van der Waals surface area contributed by atoms with E-state index in [0.717, 1.165) is 5.56 Å². The van der Waals surface area contributed by atoms with E-state index in [2.05, 4.69) is 15.0 Å². The van der Waals surface area contributed by atoms with Crippen LogP contribution in [0.25, 0.3) is 0 Å². The number of carbonyl (C=O) groups excluding carboxylic acids is 1. The van der Waals surface area contributed by atoms with Crippen LogP contribution in [-0.4, -0.2) is 76.2 Å². The van der Waals surface area contributed by atoms with E-state index in [1.165, 1.54) is 42.7 Å². The molecule has 198 valence electrons. The number of carbonyl (C=O) groups is 2. The summed E-state index contributed by atoms with van der Waals surface area (Å²) in [4.78, 5) is 41.0. The van der Waals surface area contributed by atoms with Crippen molar-refractivity contribution in [2.24, 2.45) is 0 Å². The summed E-state index contributed by atoms with van der Waals surface area (Å²) in [6, 6.07) is 6.23. The quantitative estimate of drug-likeness (QED) is 0.370. The number of aromatic nitrogens is 3. The second-order valence-corrected chi connectivity index (χ2v) is 11.9. The Hall–Kier alpha value is -3.21. The van der Waals surface area contributed by atoms with E-state index < -0.39 is 39.6 Å². The molecule has 1 saturated heterocycles. The first-order valence-corrected chi connectivity index (χ1v) is 13.9. The van der Waals surface area contributed by atoms with E-state index in [4.69, 9.17) is 4.74 Å². The summed E-state index contributed by atoms with van der Waals surface area (Å²) in [5.74, 6) is -2.38. The molecule has 0 spiro atoms. The molecule has 1 fully saturated rings. The van der Waals surface area contributed by atoms with Gasteiger partial charge in [-0.2, -0.15) is 12.7 Å². The third-order valence-electron chi connectivity index (χ3n) is 6.65. The highest BCUT2D eigenvalue weighted by Crippen LogP contribution is 2.53. The largest absolute Gasteiger partial charge is 0.480 e. The van der Waals surface area contributed by atoms with Gasteiger partial charge in [-0.05, 0) is 59.3 Å². The Morgan fingerprint density at radius 2 is 1.92 bits per heavy atom. The lowest BCUT2D eigenvalue weighted by atomic mass is 9.84. The minimum absolute atomic E-state index is 0.0102. The van der Waals surface area contributed by atoms with E-state index in [9.17, 15) is 28.2 Å². The van der Waals surface area contributed by atoms with Gasteiger partial charge in [-0.3, -0.25) is 19.5 Å². The van der Waals surface area contributed by atoms with Crippen molar-refractivity contribution in [3.8, 4) is 5.88 Å². The van der Waals surface area contributed by atoms with Crippen molar-refractivity contribution in [3.63, 3.8) is 0 Å². The first kappa shape index (κ1) is 26.4. The van der Waals surface area contributed by atoms with Crippen molar-refractivity contribution in [1.29, 1.82) is 0 Å². The molecule has 1 unspecified atom stereocenters. The minimum Gasteiger partial charge on any atom is -0.480 e. The summed E-state index contributed by atoms with van der Waals surface area (Å²) in [7, 11) is -3.25. The van der Waals surface area contributed by atoms with Gasteiger partial charge in [-0.15, -0.1) is 0 Å². The number of benzene rings is 1. The lowest BCUT2D eigenvalue weighted by molar-refractivity contribution is -0.145. The number of aliphatic hydroxyl groups is 1. The first-order valence-electron chi connectivity index (χ1n) is 11.4. The molecule has 12 nitrogen and oxygen atoms in total. The highest BCUT2D eigenvalue weighted by atomic mass is 127. The summed E-state index contributed by atoms with van der Waals surface area (Å²) in [6.45, 7) is 1.50. The first-order chi connectivity index (χ1) is 18.0. The second kappa shape index (κ2) is 9.52. The van der Waals surface area contributed by atoms with Crippen molar-refractivity contribution >= 4 is 50.2 Å². The molecule has 38 heavy (non-hydrogen) atoms. The van der Waals surface area contributed by atoms with Crippen molar-refractivity contribution in [2.45, 2.75) is 36.1 Å². The van der Waals surface area contributed by atoms with E-state index in [1.807, 2.05) is 22.6 Å². The van der Waals surface area contributed by atoms with Gasteiger partial charge in [0.15, 0.2) is 10.6 Å². The van der Waals surface area contributed by atoms with Gasteiger partial charge in [0.25, 0.3) is 15.9 Å². The maximum atomic E-state index is 14.7. The number of rotatable bonds is 6. The summed E-state index contributed by atoms with van der Waals surface area (Å²) in [6.07, 6.45) is 2.74. The Morgan fingerprint density at radius 1 is 1.18 bits per heavy atom. The van der Waals surface area contributed by atoms with E-state index in [-0.39, 0.29) is 40.8 Å². The topological polar surface area (TPSA) is 163 Å². The number of methoxy groups -OCH3 is 1. The number of aliphatic hydroxyl groups excluding tert-OH is 1. The highest BCUT2D eigenvalue weighted by Gasteiger charge is 2.65. The zero-order valence-corrected chi connectivity index (χ0v) is 23.1. The van der Waals surface area contributed by atoms with Crippen molar-refractivity contribution < 1.29 is 33.0 Å². The Balaban J connectivity index is 1.87. The maximum Gasteiger partial charge on any atom is 0.321 e. The fourth-order valence-corrected chi connectivity index (χ4v) is 6.94. The van der Waals surface area contributed by atoms with Gasteiger partial charge in [0, 0.05) is 40.7 Å². The number of aliphatic carboxylic acids is 1. The number of β-amino-alcohol motifs (C(OH)–C–C–N with tert-alkyl or cyclic N) is 1. The third kappa shape index (κ3) is 3.85. The molecule has 2 aromatic heterocycles. The second-order valence-electron chi connectivity index (χ2n) is 8.93.